The van der Waals surface area contributed by atoms with Crippen LogP contribution in [0.2, 0.25) is 0 Å². The molecule has 2 atom stereocenters. The van der Waals surface area contributed by atoms with E-state index in [0.717, 1.165) is 31.6 Å². The highest BCUT2D eigenvalue weighted by molar-refractivity contribution is 5.80. The van der Waals surface area contributed by atoms with Crippen molar-refractivity contribution in [3.05, 3.63) is 35.9 Å². The van der Waals surface area contributed by atoms with Gasteiger partial charge < -0.3 is 20.3 Å². The predicted octanol–water partition coefficient (Wildman–Crippen LogP) is 3.73. The summed E-state index contributed by atoms with van der Waals surface area (Å²) in [5, 5.41) is 7.26. The molecule has 0 radical (unpaired) electrons. The van der Waals surface area contributed by atoms with Gasteiger partial charge in [-0.2, -0.15) is 0 Å². The molecule has 2 heterocycles. The first-order valence-electron chi connectivity index (χ1n) is 11.7. The molecule has 0 aromatic heterocycles. The molecule has 2 N–H and O–H groups in total. The summed E-state index contributed by atoms with van der Waals surface area (Å²) in [4.78, 5) is 7.23. The normalized spacial score (nSPS) is 27.8. The maximum Gasteiger partial charge on any atom is 0.191 e. The smallest absolute Gasteiger partial charge is 0.191 e. The van der Waals surface area contributed by atoms with Crippen molar-refractivity contribution in [2.75, 3.05) is 33.3 Å². The first-order valence-corrected chi connectivity index (χ1v) is 11.7. The number of benzene rings is 1. The molecule has 0 amide bonds. The Hall–Kier alpha value is -1.59. The van der Waals surface area contributed by atoms with Crippen molar-refractivity contribution < 1.29 is 4.74 Å². The van der Waals surface area contributed by atoms with Gasteiger partial charge in [0.25, 0.3) is 0 Å². The molecule has 0 bridgehead atoms. The summed E-state index contributed by atoms with van der Waals surface area (Å²) in [5.41, 5.74) is 1.29. The van der Waals surface area contributed by atoms with Crippen molar-refractivity contribution in [1.82, 2.24) is 15.5 Å². The lowest BCUT2D eigenvalue weighted by molar-refractivity contribution is 0.0914. The number of nitrogens with one attached hydrogen (secondary N) is 2. The molecule has 5 nitrogen and oxygen atoms in total. The van der Waals surface area contributed by atoms with E-state index in [0.29, 0.717) is 12.0 Å². The third-order valence-electron chi connectivity index (χ3n) is 7.06. The lowest BCUT2D eigenvalue weighted by Gasteiger charge is -2.39. The topological polar surface area (TPSA) is 48.9 Å². The Bertz CT molecular complexity index is 636. The molecule has 4 rings (SSSR count). The van der Waals surface area contributed by atoms with Gasteiger partial charge in [0.1, 0.15) is 0 Å². The van der Waals surface area contributed by atoms with Crippen molar-refractivity contribution in [3.8, 4) is 0 Å². The van der Waals surface area contributed by atoms with Crippen molar-refractivity contribution in [1.29, 1.82) is 0 Å². The lowest BCUT2D eigenvalue weighted by Crippen LogP contribution is -2.51. The van der Waals surface area contributed by atoms with Gasteiger partial charge in [-0.15, -0.1) is 0 Å². The molecule has 29 heavy (non-hydrogen) atoms. The van der Waals surface area contributed by atoms with E-state index in [4.69, 9.17) is 4.74 Å². The van der Waals surface area contributed by atoms with E-state index in [-0.39, 0.29) is 6.10 Å². The van der Waals surface area contributed by atoms with Crippen molar-refractivity contribution in [2.45, 2.75) is 69.6 Å². The van der Waals surface area contributed by atoms with Crippen LogP contribution in [0.3, 0.4) is 0 Å². The Morgan fingerprint density at radius 3 is 2.52 bits per heavy atom. The van der Waals surface area contributed by atoms with E-state index in [1.54, 1.807) is 0 Å². The van der Waals surface area contributed by atoms with Crippen LogP contribution >= 0.6 is 0 Å². The molecule has 5 heteroatoms. The molecule has 2 aliphatic heterocycles. The Kier molecular flexibility index (Phi) is 7.44. The summed E-state index contributed by atoms with van der Waals surface area (Å²) < 4.78 is 6.03. The standard InChI is InChI=1S/C24H38N4O/c1-25-24(26-18-20-14-17-29-23(20)19-8-4-2-5-9-19)27-21-12-15-28(16-13-21)22-10-6-3-7-11-22/h2,4-5,8-9,20-23H,3,6-7,10-18H2,1H3,(H2,25,26,27). The van der Waals surface area contributed by atoms with E-state index in [1.807, 2.05) is 7.05 Å². The van der Waals surface area contributed by atoms with Gasteiger partial charge in [0.2, 0.25) is 0 Å². The average molecular weight is 399 g/mol. The SMILES string of the molecule is CN=C(NCC1CCOC1c1ccccc1)NC1CCN(C2CCCCC2)CC1. The van der Waals surface area contributed by atoms with Gasteiger partial charge in [-0.25, -0.2) is 0 Å². The van der Waals surface area contributed by atoms with Crippen LogP contribution in [-0.4, -0.2) is 56.2 Å². The zero-order chi connectivity index (χ0) is 19.9. The average Bonchev–Trinajstić information content (AvgIpc) is 3.27. The van der Waals surface area contributed by atoms with Crippen LogP contribution in [0.1, 0.15) is 63.0 Å². The van der Waals surface area contributed by atoms with Gasteiger partial charge >= 0.3 is 0 Å². The second-order valence-corrected chi connectivity index (χ2v) is 8.95. The van der Waals surface area contributed by atoms with Gasteiger partial charge in [-0.3, -0.25) is 4.99 Å². The lowest BCUT2D eigenvalue weighted by atomic mass is 9.92. The van der Waals surface area contributed by atoms with E-state index in [2.05, 4.69) is 50.9 Å². The largest absolute Gasteiger partial charge is 0.373 e. The number of ether oxygens (including phenoxy) is 1. The number of piperidine rings is 1. The minimum absolute atomic E-state index is 0.195. The van der Waals surface area contributed by atoms with Gasteiger partial charge in [-0.1, -0.05) is 49.6 Å². The molecule has 3 fully saturated rings. The molecule has 160 valence electrons. The van der Waals surface area contributed by atoms with Crippen LogP contribution in [0.15, 0.2) is 35.3 Å². The van der Waals surface area contributed by atoms with Gasteiger partial charge in [-0.05, 0) is 37.7 Å². The van der Waals surface area contributed by atoms with Gasteiger partial charge in [0.15, 0.2) is 5.96 Å². The van der Waals surface area contributed by atoms with E-state index in [9.17, 15) is 0 Å². The zero-order valence-corrected chi connectivity index (χ0v) is 18.0. The summed E-state index contributed by atoms with van der Waals surface area (Å²) in [6.45, 7) is 4.20. The Labute approximate surface area is 176 Å². The summed E-state index contributed by atoms with van der Waals surface area (Å²) >= 11 is 0. The molecular weight excluding hydrogens is 360 g/mol. The fraction of sp³-hybridized carbons (Fsp3) is 0.708. The number of hydrogen-bond acceptors (Lipinski definition) is 3. The van der Waals surface area contributed by atoms with Gasteiger partial charge in [0.05, 0.1) is 6.10 Å². The molecule has 2 saturated heterocycles. The minimum Gasteiger partial charge on any atom is -0.373 e. The van der Waals surface area contributed by atoms with Gasteiger partial charge in [0, 0.05) is 51.3 Å². The van der Waals surface area contributed by atoms with E-state index in [1.165, 1.54) is 63.6 Å². The second kappa shape index (κ2) is 10.4. The molecule has 1 aromatic carbocycles. The highest BCUT2D eigenvalue weighted by Crippen LogP contribution is 2.33. The monoisotopic (exact) mass is 398 g/mol. The van der Waals surface area contributed by atoms with Crippen molar-refractivity contribution in [3.63, 3.8) is 0 Å². The minimum atomic E-state index is 0.195. The van der Waals surface area contributed by atoms with Crippen LogP contribution in [0.4, 0.5) is 0 Å². The Morgan fingerprint density at radius 1 is 1.03 bits per heavy atom. The highest BCUT2D eigenvalue weighted by atomic mass is 16.5. The summed E-state index contributed by atoms with van der Waals surface area (Å²) in [6.07, 6.45) is 10.8. The van der Waals surface area contributed by atoms with Crippen LogP contribution in [-0.2, 0) is 4.74 Å². The Morgan fingerprint density at radius 2 is 1.79 bits per heavy atom. The van der Waals surface area contributed by atoms with Crippen molar-refractivity contribution in [2.24, 2.45) is 10.9 Å². The van der Waals surface area contributed by atoms with E-state index < -0.39 is 0 Å². The van der Waals surface area contributed by atoms with Crippen LogP contribution < -0.4 is 10.6 Å². The Balaban J connectivity index is 1.22. The number of guanidine groups is 1. The molecule has 2 unspecified atom stereocenters. The zero-order valence-electron chi connectivity index (χ0n) is 18.0. The maximum absolute atomic E-state index is 6.03. The summed E-state index contributed by atoms with van der Waals surface area (Å²) in [6, 6.07) is 12.0. The highest BCUT2D eigenvalue weighted by Gasteiger charge is 2.30. The first kappa shape index (κ1) is 20.7. The summed E-state index contributed by atoms with van der Waals surface area (Å²) in [7, 11) is 1.88. The number of likely N-dealkylation sites (tertiary alicyclic amines) is 1. The van der Waals surface area contributed by atoms with Crippen LogP contribution in [0.5, 0.6) is 0 Å². The molecular formula is C24H38N4O. The number of aliphatic imine (C=N–C) groups is 1. The number of hydrogen-bond donors (Lipinski definition) is 2. The fourth-order valence-electron chi connectivity index (χ4n) is 5.32. The number of rotatable bonds is 5. The summed E-state index contributed by atoms with van der Waals surface area (Å²) in [5.74, 6) is 1.43. The van der Waals surface area contributed by atoms with Crippen LogP contribution in [0.25, 0.3) is 0 Å². The quantitative estimate of drug-likeness (QED) is 0.586. The molecule has 1 aliphatic carbocycles. The molecule has 0 spiro atoms. The van der Waals surface area contributed by atoms with Crippen molar-refractivity contribution >= 4 is 5.96 Å². The third-order valence-corrected chi connectivity index (χ3v) is 7.06. The molecule has 1 aromatic rings. The second-order valence-electron chi connectivity index (χ2n) is 8.95. The maximum atomic E-state index is 6.03. The van der Waals surface area contributed by atoms with E-state index >= 15 is 0 Å². The number of nitrogens with zero attached hydrogens (tertiary/aromatic N) is 2. The van der Waals surface area contributed by atoms with Crippen LogP contribution in [0, 0.1) is 5.92 Å². The molecule has 3 aliphatic rings. The first-order chi connectivity index (χ1) is 14.3. The fourth-order valence-corrected chi connectivity index (χ4v) is 5.32. The molecule has 1 saturated carbocycles. The predicted molar refractivity (Wildman–Crippen MR) is 119 cm³/mol. The third kappa shape index (κ3) is 5.52.